The summed E-state index contributed by atoms with van der Waals surface area (Å²) in [4.78, 5) is 11.1. The van der Waals surface area contributed by atoms with E-state index < -0.39 is 5.97 Å². The summed E-state index contributed by atoms with van der Waals surface area (Å²) < 4.78 is 18.5. The summed E-state index contributed by atoms with van der Waals surface area (Å²) in [6.45, 7) is 6.42. The lowest BCUT2D eigenvalue weighted by Gasteiger charge is -2.11. The van der Waals surface area contributed by atoms with Crippen molar-refractivity contribution in [1.29, 1.82) is 0 Å². The zero-order chi connectivity index (χ0) is 15.8. The number of hydrogen-bond acceptors (Lipinski definition) is 4. The second kappa shape index (κ2) is 9.61. The Morgan fingerprint density at radius 1 is 1.10 bits per heavy atom. The first kappa shape index (κ1) is 18.7. The van der Waals surface area contributed by atoms with Crippen LogP contribution in [0.1, 0.15) is 6.92 Å². The maximum absolute atomic E-state index is 11.1. The van der Waals surface area contributed by atoms with E-state index in [2.05, 4.69) is 54.4 Å². The second-order valence-corrected chi connectivity index (χ2v) is 6.70. The molecule has 0 heterocycles. The molecule has 21 heavy (non-hydrogen) atoms. The summed E-state index contributed by atoms with van der Waals surface area (Å²) in [6, 6.07) is 3.80. The quantitative estimate of drug-likeness (QED) is 0.308. The van der Waals surface area contributed by atoms with Crippen molar-refractivity contribution in [3.63, 3.8) is 0 Å². The maximum Gasteiger partial charge on any atom is 0.333 e. The van der Waals surface area contributed by atoms with Crippen LogP contribution in [0.3, 0.4) is 0 Å². The van der Waals surface area contributed by atoms with E-state index in [1.807, 2.05) is 12.1 Å². The Morgan fingerprint density at radius 3 is 2.24 bits per heavy atom. The highest BCUT2D eigenvalue weighted by Crippen LogP contribution is 2.36. The number of carbonyl (C=O) groups is 1. The van der Waals surface area contributed by atoms with Gasteiger partial charge in [-0.05, 0) is 50.9 Å². The lowest BCUT2D eigenvalue weighted by Crippen LogP contribution is -2.14. The number of ether oxygens (including phenoxy) is 3. The summed E-state index contributed by atoms with van der Waals surface area (Å²) in [6.07, 6.45) is 0. The Morgan fingerprint density at radius 2 is 1.67 bits per heavy atom. The highest BCUT2D eigenvalue weighted by Gasteiger charge is 2.08. The van der Waals surface area contributed by atoms with Gasteiger partial charge in [-0.2, -0.15) is 0 Å². The van der Waals surface area contributed by atoms with E-state index in [1.54, 1.807) is 6.92 Å². The topological polar surface area (TPSA) is 44.8 Å². The minimum absolute atomic E-state index is 0.206. The van der Waals surface area contributed by atoms with Gasteiger partial charge in [-0.15, -0.1) is 0 Å². The van der Waals surface area contributed by atoms with E-state index in [-0.39, 0.29) is 6.61 Å². The molecule has 116 valence electrons. The molecule has 0 saturated heterocycles. The van der Waals surface area contributed by atoms with Crippen LogP contribution in [0.15, 0.2) is 37.7 Å². The van der Waals surface area contributed by atoms with Crippen LogP contribution in [0.5, 0.6) is 5.75 Å². The molecule has 1 aromatic rings. The summed E-state index contributed by atoms with van der Waals surface area (Å²) in [5.74, 6) is 0.313. The van der Waals surface area contributed by atoms with Gasteiger partial charge in [-0.3, -0.25) is 0 Å². The third-order valence-electron chi connectivity index (χ3n) is 2.25. The van der Waals surface area contributed by atoms with Gasteiger partial charge in [0.15, 0.2) is 0 Å². The average Bonchev–Trinajstić information content (AvgIpc) is 2.39. The number of esters is 1. The molecule has 0 N–H and O–H groups in total. The van der Waals surface area contributed by atoms with E-state index in [0.29, 0.717) is 25.4 Å². The number of halogens is 3. The van der Waals surface area contributed by atoms with Crippen molar-refractivity contribution in [2.75, 3.05) is 26.4 Å². The molecule has 0 unspecified atom stereocenters. The van der Waals surface area contributed by atoms with Crippen molar-refractivity contribution in [3.8, 4) is 5.75 Å². The Hall–Kier alpha value is -0.370. The molecule has 0 radical (unpaired) electrons. The third-order valence-corrected chi connectivity index (χ3v) is 3.88. The summed E-state index contributed by atoms with van der Waals surface area (Å²) in [7, 11) is 0. The summed E-state index contributed by atoms with van der Waals surface area (Å²) in [5.41, 5.74) is 0.378. The van der Waals surface area contributed by atoms with Crippen LogP contribution in [0.25, 0.3) is 0 Å². The predicted octanol–water partition coefficient (Wildman–Crippen LogP) is 4.49. The van der Waals surface area contributed by atoms with Gasteiger partial charge < -0.3 is 14.2 Å². The summed E-state index contributed by atoms with van der Waals surface area (Å²) in [5, 5.41) is 0. The summed E-state index contributed by atoms with van der Waals surface area (Å²) >= 11 is 10.3. The van der Waals surface area contributed by atoms with E-state index in [1.165, 1.54) is 0 Å². The average molecular weight is 487 g/mol. The number of benzene rings is 1. The molecule has 0 fully saturated rings. The molecule has 0 aromatic heterocycles. The van der Waals surface area contributed by atoms with Gasteiger partial charge in [0.25, 0.3) is 0 Å². The van der Waals surface area contributed by atoms with Crippen LogP contribution >= 0.6 is 47.8 Å². The molecular formula is C14H15Br3O4. The number of hydrogen-bond donors (Lipinski definition) is 0. The molecule has 0 amide bonds. The molecule has 0 aliphatic carbocycles. The SMILES string of the molecule is C=C(C)C(=O)OCCOCCOc1c(Br)cc(Br)cc1Br. The van der Waals surface area contributed by atoms with Crippen molar-refractivity contribution in [1.82, 2.24) is 0 Å². The Labute approximate surface area is 149 Å². The fourth-order valence-corrected chi connectivity index (χ4v) is 3.78. The van der Waals surface area contributed by atoms with Crippen LogP contribution in [0.2, 0.25) is 0 Å². The molecule has 0 aliphatic heterocycles. The molecule has 1 rings (SSSR count). The predicted molar refractivity (Wildman–Crippen MR) is 91.6 cm³/mol. The molecule has 0 saturated carbocycles. The Kier molecular flexibility index (Phi) is 8.55. The molecule has 0 atom stereocenters. The van der Waals surface area contributed by atoms with Crippen LogP contribution in [0.4, 0.5) is 0 Å². The third kappa shape index (κ3) is 6.95. The van der Waals surface area contributed by atoms with Crippen molar-refractivity contribution < 1.29 is 19.0 Å². The molecule has 0 bridgehead atoms. The molecule has 1 aromatic carbocycles. The second-order valence-electron chi connectivity index (χ2n) is 4.08. The highest BCUT2D eigenvalue weighted by atomic mass is 79.9. The Bertz CT molecular complexity index is 494. The zero-order valence-corrected chi connectivity index (χ0v) is 16.2. The molecular weight excluding hydrogens is 472 g/mol. The van der Waals surface area contributed by atoms with Crippen molar-refractivity contribution in [3.05, 3.63) is 37.7 Å². The monoisotopic (exact) mass is 484 g/mol. The number of rotatable bonds is 8. The lowest BCUT2D eigenvalue weighted by molar-refractivity contribution is -0.140. The van der Waals surface area contributed by atoms with Gasteiger partial charge in [0.05, 0.1) is 22.2 Å². The van der Waals surface area contributed by atoms with Crippen molar-refractivity contribution in [2.24, 2.45) is 0 Å². The van der Waals surface area contributed by atoms with Crippen LogP contribution in [0, 0.1) is 0 Å². The minimum atomic E-state index is -0.405. The maximum atomic E-state index is 11.1. The van der Waals surface area contributed by atoms with Gasteiger partial charge in [0.1, 0.15) is 19.0 Å². The largest absolute Gasteiger partial charge is 0.489 e. The smallest absolute Gasteiger partial charge is 0.333 e. The molecule has 0 aliphatic rings. The van der Waals surface area contributed by atoms with Crippen molar-refractivity contribution >= 4 is 53.8 Å². The normalized spacial score (nSPS) is 10.3. The fourth-order valence-electron chi connectivity index (χ4n) is 1.29. The van der Waals surface area contributed by atoms with Crippen molar-refractivity contribution in [2.45, 2.75) is 6.92 Å². The van der Waals surface area contributed by atoms with Gasteiger partial charge in [0.2, 0.25) is 0 Å². The van der Waals surface area contributed by atoms with Crippen LogP contribution < -0.4 is 4.74 Å². The first-order chi connectivity index (χ1) is 9.91. The molecule has 4 nitrogen and oxygen atoms in total. The van der Waals surface area contributed by atoms with E-state index in [0.717, 1.165) is 19.2 Å². The lowest BCUT2D eigenvalue weighted by atomic mass is 10.3. The Balaban J connectivity index is 2.21. The molecule has 0 spiro atoms. The zero-order valence-electron chi connectivity index (χ0n) is 11.5. The van der Waals surface area contributed by atoms with E-state index in [4.69, 9.17) is 14.2 Å². The van der Waals surface area contributed by atoms with E-state index in [9.17, 15) is 4.79 Å². The van der Waals surface area contributed by atoms with Gasteiger partial charge >= 0.3 is 5.97 Å². The van der Waals surface area contributed by atoms with E-state index >= 15 is 0 Å². The number of carbonyl (C=O) groups excluding carboxylic acids is 1. The van der Waals surface area contributed by atoms with Gasteiger partial charge in [-0.1, -0.05) is 22.5 Å². The first-order valence-electron chi connectivity index (χ1n) is 6.09. The van der Waals surface area contributed by atoms with Gasteiger partial charge in [-0.25, -0.2) is 4.79 Å². The minimum Gasteiger partial charge on any atom is -0.489 e. The highest BCUT2D eigenvalue weighted by molar-refractivity contribution is 9.11. The fraction of sp³-hybridized carbons (Fsp3) is 0.357. The van der Waals surface area contributed by atoms with Gasteiger partial charge in [0, 0.05) is 10.0 Å². The van der Waals surface area contributed by atoms with Crippen LogP contribution in [-0.2, 0) is 14.3 Å². The standard InChI is InChI=1S/C14H15Br3O4/c1-9(2)14(18)21-6-4-19-3-5-20-13-11(16)7-10(15)8-12(13)17/h7-8H,1,3-6H2,2H3. The van der Waals surface area contributed by atoms with Crippen LogP contribution in [-0.4, -0.2) is 32.4 Å². The molecule has 7 heteroatoms. The first-order valence-corrected chi connectivity index (χ1v) is 8.47.